The second-order valence-electron chi connectivity index (χ2n) is 4.43. The van der Waals surface area contributed by atoms with E-state index in [9.17, 15) is 5.11 Å². The first-order valence-corrected chi connectivity index (χ1v) is 4.57. The van der Waals surface area contributed by atoms with Crippen LogP contribution in [0.3, 0.4) is 0 Å². The zero-order valence-electron chi connectivity index (χ0n) is 7.92. The van der Waals surface area contributed by atoms with Gasteiger partial charge < -0.3 is 9.84 Å². The van der Waals surface area contributed by atoms with Crippen LogP contribution in [-0.4, -0.2) is 17.5 Å². The first kappa shape index (κ1) is 8.27. The number of hydrogen-bond donors (Lipinski definition) is 1. The highest BCUT2D eigenvalue weighted by molar-refractivity contribution is 5.30. The summed E-state index contributed by atoms with van der Waals surface area (Å²) in [4.78, 5) is 0. The summed E-state index contributed by atoms with van der Waals surface area (Å²) in [6.45, 7) is 6.42. The van der Waals surface area contributed by atoms with Crippen molar-refractivity contribution in [2.24, 2.45) is 5.41 Å². The van der Waals surface area contributed by atoms with Gasteiger partial charge in [-0.25, -0.2) is 0 Å². The first-order chi connectivity index (χ1) is 5.53. The second kappa shape index (κ2) is 2.33. The number of ether oxygens (including phenoxy) is 1. The predicted octanol–water partition coefficient (Wildman–Crippen LogP) is 1.84. The highest BCUT2D eigenvalue weighted by Gasteiger charge is 2.48. The molecule has 0 aromatic rings. The Morgan fingerprint density at radius 1 is 1.50 bits per heavy atom. The smallest absolute Gasteiger partial charge is 0.178 e. The third kappa shape index (κ3) is 0.882. The molecule has 68 valence electrons. The second-order valence-corrected chi connectivity index (χ2v) is 4.43. The standard InChI is InChI=1S/C10H16O2/c1-6-4-5-7-10(2,3)8(6)9(11)12-7/h7,9,11H,4-5H2,1-3H3/t7-,9?/m0/s1. The van der Waals surface area contributed by atoms with E-state index in [2.05, 4.69) is 20.8 Å². The Morgan fingerprint density at radius 2 is 2.17 bits per heavy atom. The maximum absolute atomic E-state index is 9.63. The van der Waals surface area contributed by atoms with Gasteiger partial charge in [-0.15, -0.1) is 0 Å². The van der Waals surface area contributed by atoms with Crippen molar-refractivity contribution in [3.63, 3.8) is 0 Å². The van der Waals surface area contributed by atoms with Crippen LogP contribution in [0.25, 0.3) is 0 Å². The van der Waals surface area contributed by atoms with Gasteiger partial charge in [0.25, 0.3) is 0 Å². The molecule has 12 heavy (non-hydrogen) atoms. The summed E-state index contributed by atoms with van der Waals surface area (Å²) < 4.78 is 5.47. The van der Waals surface area contributed by atoms with E-state index in [4.69, 9.17) is 4.74 Å². The quantitative estimate of drug-likeness (QED) is 0.559. The molecule has 0 aromatic carbocycles. The molecule has 2 atom stereocenters. The lowest BCUT2D eigenvalue weighted by Gasteiger charge is -2.31. The molecule has 2 rings (SSSR count). The number of aliphatic hydroxyl groups is 1. The lowest BCUT2D eigenvalue weighted by molar-refractivity contribution is -0.0850. The summed E-state index contributed by atoms with van der Waals surface area (Å²) in [5, 5.41) is 9.63. The number of hydrogen-bond acceptors (Lipinski definition) is 2. The van der Waals surface area contributed by atoms with E-state index in [1.165, 1.54) is 5.57 Å². The van der Waals surface area contributed by atoms with Gasteiger partial charge in [-0.3, -0.25) is 0 Å². The van der Waals surface area contributed by atoms with Gasteiger partial charge in [0.15, 0.2) is 6.29 Å². The minimum absolute atomic E-state index is 0.0573. The van der Waals surface area contributed by atoms with Crippen LogP contribution in [0.2, 0.25) is 0 Å². The molecule has 2 bridgehead atoms. The first-order valence-electron chi connectivity index (χ1n) is 4.57. The van der Waals surface area contributed by atoms with Gasteiger partial charge >= 0.3 is 0 Å². The summed E-state index contributed by atoms with van der Waals surface area (Å²) in [7, 11) is 0. The molecule has 1 unspecified atom stereocenters. The Kier molecular flexibility index (Phi) is 1.61. The molecule has 0 amide bonds. The molecule has 1 saturated heterocycles. The lowest BCUT2D eigenvalue weighted by Crippen LogP contribution is -2.29. The molecule has 1 heterocycles. The number of allylic oxidation sites excluding steroid dienone is 1. The normalized spacial score (nSPS) is 39.0. The third-order valence-corrected chi connectivity index (χ3v) is 3.28. The van der Waals surface area contributed by atoms with E-state index >= 15 is 0 Å². The van der Waals surface area contributed by atoms with Crippen LogP contribution in [0.5, 0.6) is 0 Å². The largest absolute Gasteiger partial charge is 0.364 e. The van der Waals surface area contributed by atoms with Crippen LogP contribution >= 0.6 is 0 Å². The number of rotatable bonds is 0. The van der Waals surface area contributed by atoms with Crippen LogP contribution in [0.4, 0.5) is 0 Å². The zero-order chi connectivity index (χ0) is 8.93. The van der Waals surface area contributed by atoms with Gasteiger partial charge in [0.05, 0.1) is 6.10 Å². The summed E-state index contributed by atoms with van der Waals surface area (Å²) >= 11 is 0. The molecule has 1 aliphatic heterocycles. The van der Waals surface area contributed by atoms with Crippen molar-refractivity contribution in [3.05, 3.63) is 11.1 Å². The predicted molar refractivity (Wildman–Crippen MR) is 46.6 cm³/mol. The average molecular weight is 168 g/mol. The Morgan fingerprint density at radius 3 is 2.75 bits per heavy atom. The van der Waals surface area contributed by atoms with E-state index < -0.39 is 6.29 Å². The van der Waals surface area contributed by atoms with Crippen molar-refractivity contribution in [1.29, 1.82) is 0 Å². The van der Waals surface area contributed by atoms with Gasteiger partial charge in [0, 0.05) is 5.41 Å². The molecule has 0 spiro atoms. The third-order valence-electron chi connectivity index (χ3n) is 3.28. The maximum Gasteiger partial charge on any atom is 0.178 e. The van der Waals surface area contributed by atoms with Crippen molar-refractivity contribution >= 4 is 0 Å². The Bertz CT molecular complexity index is 240. The molecule has 0 aromatic heterocycles. The minimum atomic E-state index is -0.632. The van der Waals surface area contributed by atoms with E-state index in [1.54, 1.807) is 0 Å². The van der Waals surface area contributed by atoms with Crippen molar-refractivity contribution in [2.45, 2.75) is 46.0 Å². The molecule has 2 heteroatoms. The maximum atomic E-state index is 9.63. The topological polar surface area (TPSA) is 29.5 Å². The monoisotopic (exact) mass is 168 g/mol. The summed E-state index contributed by atoms with van der Waals surface area (Å²) in [6, 6.07) is 0. The van der Waals surface area contributed by atoms with Gasteiger partial charge in [0.1, 0.15) is 0 Å². The molecular weight excluding hydrogens is 152 g/mol. The minimum Gasteiger partial charge on any atom is -0.364 e. The summed E-state index contributed by atoms with van der Waals surface area (Å²) in [6.07, 6.45) is 1.73. The highest BCUT2D eigenvalue weighted by Crippen LogP contribution is 2.49. The van der Waals surface area contributed by atoms with E-state index in [0.717, 1.165) is 18.4 Å². The van der Waals surface area contributed by atoms with Crippen LogP contribution in [0, 0.1) is 5.41 Å². The van der Waals surface area contributed by atoms with Crippen LogP contribution in [0.15, 0.2) is 11.1 Å². The molecule has 1 aliphatic carbocycles. The Balaban J connectivity index is 2.48. The summed E-state index contributed by atoms with van der Waals surface area (Å²) in [5.74, 6) is 0. The fraction of sp³-hybridized carbons (Fsp3) is 0.800. The van der Waals surface area contributed by atoms with Crippen molar-refractivity contribution in [2.75, 3.05) is 0 Å². The van der Waals surface area contributed by atoms with Gasteiger partial charge in [-0.2, -0.15) is 0 Å². The van der Waals surface area contributed by atoms with Gasteiger partial charge in [-0.1, -0.05) is 19.4 Å². The van der Waals surface area contributed by atoms with Crippen LogP contribution in [-0.2, 0) is 4.74 Å². The lowest BCUT2D eigenvalue weighted by atomic mass is 9.73. The van der Waals surface area contributed by atoms with Crippen LogP contribution in [0.1, 0.15) is 33.6 Å². The fourth-order valence-electron chi connectivity index (χ4n) is 2.56. The van der Waals surface area contributed by atoms with Crippen molar-refractivity contribution < 1.29 is 9.84 Å². The van der Waals surface area contributed by atoms with Gasteiger partial charge in [-0.05, 0) is 25.3 Å². The fourth-order valence-corrected chi connectivity index (χ4v) is 2.56. The molecule has 0 saturated carbocycles. The Hall–Kier alpha value is -0.340. The Labute approximate surface area is 73.2 Å². The highest BCUT2D eigenvalue weighted by atomic mass is 16.6. The van der Waals surface area contributed by atoms with E-state index in [0.29, 0.717) is 0 Å². The van der Waals surface area contributed by atoms with E-state index in [1.807, 2.05) is 0 Å². The van der Waals surface area contributed by atoms with Gasteiger partial charge in [0.2, 0.25) is 0 Å². The summed E-state index contributed by atoms with van der Waals surface area (Å²) in [5.41, 5.74) is 2.50. The molecule has 2 aliphatic rings. The molecule has 2 nitrogen and oxygen atoms in total. The number of aliphatic hydroxyl groups excluding tert-OH is 1. The zero-order valence-corrected chi connectivity index (χ0v) is 7.92. The molecule has 0 radical (unpaired) electrons. The molecule has 1 N–H and O–H groups in total. The number of fused-ring (bicyclic) bond motifs is 2. The van der Waals surface area contributed by atoms with E-state index in [-0.39, 0.29) is 11.5 Å². The van der Waals surface area contributed by atoms with Crippen molar-refractivity contribution in [3.8, 4) is 0 Å². The molecule has 1 fully saturated rings. The average Bonchev–Trinajstić information content (AvgIpc) is 2.12. The van der Waals surface area contributed by atoms with Crippen LogP contribution < -0.4 is 0 Å². The SMILES string of the molecule is CC1=C2C(O)O[C@@H](CC1)C2(C)C. The van der Waals surface area contributed by atoms with Crippen molar-refractivity contribution in [1.82, 2.24) is 0 Å². The molecular formula is C10H16O2.